The van der Waals surface area contributed by atoms with E-state index in [1.54, 1.807) is 30.3 Å². The van der Waals surface area contributed by atoms with Gasteiger partial charge >= 0.3 is 16.3 Å². The molecule has 0 heterocycles. The van der Waals surface area contributed by atoms with Crippen LogP contribution in [0.25, 0.3) is 0 Å². The maximum Gasteiger partial charge on any atom is 0.416 e. The molecule has 0 spiro atoms. The van der Waals surface area contributed by atoms with Crippen LogP contribution >= 0.6 is 0 Å². The van der Waals surface area contributed by atoms with E-state index in [0.29, 0.717) is 5.69 Å². The molecule has 0 aliphatic heterocycles. The van der Waals surface area contributed by atoms with Gasteiger partial charge in [-0.25, -0.2) is 9.69 Å². The van der Waals surface area contributed by atoms with E-state index in [0.717, 1.165) is 11.0 Å². The van der Waals surface area contributed by atoms with E-state index in [9.17, 15) is 22.2 Å². The Labute approximate surface area is 121 Å². The van der Waals surface area contributed by atoms with Crippen molar-refractivity contribution in [2.24, 2.45) is 0 Å². The zero-order chi connectivity index (χ0) is 15.6. The molecule has 0 unspecified atom stereocenters. The quantitative estimate of drug-likeness (QED) is 0.881. The molecule has 7 heteroatoms. The first-order valence-corrected chi connectivity index (χ1v) is 7.32. The van der Waals surface area contributed by atoms with E-state index >= 15 is 0 Å². The molecule has 0 aliphatic carbocycles. The third-order valence-corrected chi connectivity index (χ3v) is 3.86. The summed E-state index contributed by atoms with van der Waals surface area (Å²) in [6.45, 7) is 1.43. The monoisotopic (exact) mass is 309 g/mol. The average molecular weight is 309 g/mol. The van der Waals surface area contributed by atoms with Crippen molar-refractivity contribution in [1.82, 2.24) is 0 Å². The highest BCUT2D eigenvalue weighted by molar-refractivity contribution is 7.86. The van der Waals surface area contributed by atoms with Crippen molar-refractivity contribution >= 4 is 27.7 Å². The first kappa shape index (κ1) is 15.0. The van der Waals surface area contributed by atoms with Gasteiger partial charge in [-0.05, 0) is 36.8 Å². The number of para-hydroxylation sites is 1. The molecular weight excluding hydrogens is 297 g/mol. The molecule has 1 amide bonds. The molecule has 0 aliphatic rings. The molecule has 5 nitrogen and oxygen atoms in total. The zero-order valence-corrected chi connectivity index (χ0v) is 11.8. The normalized spacial score (nSPS) is 11.1. The minimum atomic E-state index is -4.92. The van der Waals surface area contributed by atoms with Gasteiger partial charge in [-0.2, -0.15) is 8.42 Å². The van der Waals surface area contributed by atoms with Crippen LogP contribution in [0.3, 0.4) is 0 Å². The van der Waals surface area contributed by atoms with Gasteiger partial charge in [0.1, 0.15) is 4.90 Å². The molecule has 0 bridgehead atoms. The number of amides is 1. The first-order valence-electron chi connectivity index (χ1n) is 5.94. The average Bonchev–Trinajstić information content (AvgIpc) is 2.40. The van der Waals surface area contributed by atoms with E-state index in [4.69, 9.17) is 0 Å². The Morgan fingerprint density at radius 3 is 2.24 bits per heavy atom. The second-order valence-corrected chi connectivity index (χ2v) is 5.66. The maximum atomic E-state index is 13.2. The van der Waals surface area contributed by atoms with Gasteiger partial charge < -0.3 is 5.11 Å². The van der Waals surface area contributed by atoms with Crippen molar-refractivity contribution in [3.8, 4) is 0 Å². The van der Waals surface area contributed by atoms with Crippen molar-refractivity contribution < 1.29 is 22.2 Å². The number of anilines is 2. The summed E-state index contributed by atoms with van der Waals surface area (Å²) < 4.78 is 35.4. The van der Waals surface area contributed by atoms with Crippen LogP contribution in [0.4, 0.5) is 20.1 Å². The fourth-order valence-corrected chi connectivity index (χ4v) is 2.65. The van der Waals surface area contributed by atoms with E-state index in [1.807, 2.05) is 0 Å². The number of nitrogens with zero attached hydrogens (tertiary/aromatic N) is 1. The molecule has 21 heavy (non-hydrogen) atoms. The molecule has 0 radical (unpaired) electrons. The minimum absolute atomic E-state index is 0.0514. The van der Waals surface area contributed by atoms with Gasteiger partial charge in [-0.1, -0.05) is 24.3 Å². The summed E-state index contributed by atoms with van der Waals surface area (Å²) in [6.07, 6.45) is -1.30. The Bertz CT molecular complexity index is 775. The first-order chi connectivity index (χ1) is 9.80. The molecule has 0 saturated carbocycles. The van der Waals surface area contributed by atoms with Gasteiger partial charge in [0.15, 0.2) is 0 Å². The summed E-state index contributed by atoms with van der Waals surface area (Å²) in [4.78, 5) is 11.8. The third-order valence-electron chi connectivity index (χ3n) is 2.90. The predicted octanol–water partition coefficient (Wildman–Crippen LogP) is 3.47. The van der Waals surface area contributed by atoms with Gasteiger partial charge in [-0.15, -0.1) is 3.89 Å². The Kier molecular flexibility index (Phi) is 3.95. The topological polar surface area (TPSA) is 74.7 Å². The number of hydrogen-bond donors (Lipinski definition) is 1. The van der Waals surface area contributed by atoms with Gasteiger partial charge in [0.25, 0.3) is 0 Å². The van der Waals surface area contributed by atoms with Crippen LogP contribution in [0.1, 0.15) is 5.56 Å². The maximum absolute atomic E-state index is 13.2. The lowest BCUT2D eigenvalue weighted by Gasteiger charge is -2.20. The van der Waals surface area contributed by atoms with Crippen molar-refractivity contribution in [1.29, 1.82) is 0 Å². The smallest absolute Gasteiger partial charge is 0.416 e. The van der Waals surface area contributed by atoms with Crippen LogP contribution in [0.15, 0.2) is 53.4 Å². The third kappa shape index (κ3) is 3.19. The molecule has 110 valence electrons. The number of carboxylic acid groups (broad SMARTS) is 1. The fraction of sp³-hybridized carbons (Fsp3) is 0.0714. The number of carbonyl (C=O) groups is 1. The Morgan fingerprint density at radius 1 is 1.10 bits per heavy atom. The molecule has 2 rings (SSSR count). The van der Waals surface area contributed by atoms with E-state index in [-0.39, 0.29) is 11.3 Å². The summed E-state index contributed by atoms with van der Waals surface area (Å²) in [5.74, 6) is 0. The lowest BCUT2D eigenvalue weighted by molar-refractivity contribution is 0.205. The molecule has 2 aromatic carbocycles. The fourth-order valence-electron chi connectivity index (χ4n) is 1.94. The van der Waals surface area contributed by atoms with Crippen molar-refractivity contribution in [3.05, 3.63) is 54.1 Å². The largest absolute Gasteiger partial charge is 0.464 e. The van der Waals surface area contributed by atoms with Crippen LogP contribution in [0.5, 0.6) is 0 Å². The summed E-state index contributed by atoms with van der Waals surface area (Å²) in [5, 5.41) is 9.33. The number of aryl methyl sites for hydroxylation is 1. The van der Waals surface area contributed by atoms with Crippen molar-refractivity contribution in [2.75, 3.05) is 4.90 Å². The second kappa shape index (κ2) is 5.53. The van der Waals surface area contributed by atoms with Crippen molar-refractivity contribution in [2.45, 2.75) is 11.8 Å². The number of benzene rings is 2. The lowest BCUT2D eigenvalue weighted by Crippen LogP contribution is -2.23. The van der Waals surface area contributed by atoms with Crippen LogP contribution < -0.4 is 4.90 Å². The van der Waals surface area contributed by atoms with E-state index in [2.05, 4.69) is 0 Å². The summed E-state index contributed by atoms with van der Waals surface area (Å²) in [7, 11) is -4.92. The van der Waals surface area contributed by atoms with Crippen LogP contribution in [0, 0.1) is 6.92 Å². The molecular formula is C14H12FNO4S. The van der Waals surface area contributed by atoms with Crippen LogP contribution in [0.2, 0.25) is 0 Å². The van der Waals surface area contributed by atoms with Crippen molar-refractivity contribution in [3.63, 3.8) is 0 Å². The van der Waals surface area contributed by atoms with E-state index in [1.165, 1.54) is 19.1 Å². The molecule has 0 aromatic heterocycles. The minimum Gasteiger partial charge on any atom is -0.464 e. The standard InChI is InChI=1S/C14H12FNO4S/c1-10-7-8-12(9-13(10)21(15,19)20)16(14(17)18)11-5-3-2-4-6-11/h2-9H,1H3,(H,17,18). The molecule has 1 N–H and O–H groups in total. The second-order valence-electron chi connectivity index (χ2n) is 4.34. The lowest BCUT2D eigenvalue weighted by atomic mass is 10.2. The number of hydrogen-bond acceptors (Lipinski definition) is 3. The number of rotatable bonds is 3. The molecule has 2 aromatic rings. The highest BCUT2D eigenvalue weighted by Crippen LogP contribution is 2.29. The van der Waals surface area contributed by atoms with Gasteiger partial charge in [0.2, 0.25) is 0 Å². The van der Waals surface area contributed by atoms with Gasteiger partial charge in [-0.3, -0.25) is 0 Å². The molecule has 0 atom stereocenters. The van der Waals surface area contributed by atoms with Gasteiger partial charge in [0, 0.05) is 0 Å². The Balaban J connectivity index is 2.61. The Hall–Kier alpha value is -2.41. The van der Waals surface area contributed by atoms with Gasteiger partial charge in [0.05, 0.1) is 11.4 Å². The summed E-state index contributed by atoms with van der Waals surface area (Å²) >= 11 is 0. The molecule has 0 fully saturated rings. The predicted molar refractivity (Wildman–Crippen MR) is 76.1 cm³/mol. The summed E-state index contributed by atoms with van der Waals surface area (Å²) in [6, 6.07) is 11.9. The highest BCUT2D eigenvalue weighted by Gasteiger charge is 2.21. The zero-order valence-electron chi connectivity index (χ0n) is 11.0. The summed E-state index contributed by atoms with van der Waals surface area (Å²) in [5.41, 5.74) is 0.589. The highest BCUT2D eigenvalue weighted by atomic mass is 32.3. The van der Waals surface area contributed by atoms with E-state index < -0.39 is 21.2 Å². The SMILES string of the molecule is Cc1ccc(N(C(=O)O)c2ccccc2)cc1S(=O)(=O)F. The molecule has 0 saturated heterocycles. The number of halogens is 1. The Morgan fingerprint density at radius 2 is 1.71 bits per heavy atom. The van der Waals surface area contributed by atoms with Crippen LogP contribution in [-0.4, -0.2) is 19.6 Å². The van der Waals surface area contributed by atoms with Crippen LogP contribution in [-0.2, 0) is 10.2 Å².